The highest BCUT2D eigenvalue weighted by molar-refractivity contribution is 7.10. The van der Waals surface area contributed by atoms with Crippen molar-refractivity contribution in [1.29, 1.82) is 0 Å². The van der Waals surface area contributed by atoms with E-state index in [1.807, 2.05) is 48.5 Å². The molecule has 0 saturated carbocycles. The van der Waals surface area contributed by atoms with Crippen molar-refractivity contribution >= 4 is 28.9 Å². The molecule has 0 spiro atoms. The van der Waals surface area contributed by atoms with Gasteiger partial charge in [0, 0.05) is 38.6 Å². The second-order valence-corrected chi connectivity index (χ2v) is 8.65. The first-order valence-electron chi connectivity index (χ1n) is 10.1. The second-order valence-electron chi connectivity index (χ2n) is 7.65. The van der Waals surface area contributed by atoms with Crippen molar-refractivity contribution in [3.05, 3.63) is 76.1 Å². The van der Waals surface area contributed by atoms with E-state index in [9.17, 15) is 4.79 Å². The zero-order valence-corrected chi connectivity index (χ0v) is 18.2. The van der Waals surface area contributed by atoms with Gasteiger partial charge in [0.25, 0.3) is 0 Å². The van der Waals surface area contributed by atoms with E-state index in [0.29, 0.717) is 12.2 Å². The maximum absolute atomic E-state index is 12.5. The van der Waals surface area contributed by atoms with Crippen LogP contribution in [0.4, 0.5) is 16.3 Å². The highest BCUT2D eigenvalue weighted by Crippen LogP contribution is 2.30. The van der Waals surface area contributed by atoms with E-state index in [4.69, 9.17) is 0 Å². The first kappa shape index (κ1) is 20.4. The molecule has 0 aliphatic carbocycles. The number of benzene rings is 1. The van der Waals surface area contributed by atoms with Crippen molar-refractivity contribution in [2.45, 2.75) is 19.0 Å². The van der Waals surface area contributed by atoms with Crippen LogP contribution in [0.15, 0.2) is 60.1 Å². The van der Waals surface area contributed by atoms with E-state index in [1.165, 1.54) is 16.0 Å². The predicted molar refractivity (Wildman–Crippen MR) is 123 cm³/mol. The van der Waals surface area contributed by atoms with Gasteiger partial charge in [0.15, 0.2) is 0 Å². The molecule has 2 N–H and O–H groups in total. The Balaban J connectivity index is 1.41. The zero-order chi connectivity index (χ0) is 20.9. The number of nitrogens with one attached hydrogen (secondary N) is 2. The molecule has 3 aromatic rings. The Bertz CT molecular complexity index is 971. The van der Waals surface area contributed by atoms with Crippen LogP contribution in [-0.2, 0) is 13.0 Å². The standard InChI is InChI=1S/C23H27N5OS/c1-27(2)22-9-8-19(14-24-22)26-23(29)25-15-20(17-6-4-3-5-7-17)28-12-10-21-18(16-28)11-13-30-21/h3-9,11,13-14,20H,10,12,15-16H2,1-2H3,(H2,25,26,29)/t20-/m0/s1. The summed E-state index contributed by atoms with van der Waals surface area (Å²) in [6.45, 7) is 2.45. The molecule has 4 rings (SSSR count). The topological polar surface area (TPSA) is 60.5 Å². The first-order chi connectivity index (χ1) is 14.6. The number of fused-ring (bicyclic) bond motifs is 1. The van der Waals surface area contributed by atoms with Gasteiger partial charge in [-0.25, -0.2) is 9.78 Å². The Morgan fingerprint density at radius 1 is 1.20 bits per heavy atom. The number of urea groups is 1. The first-order valence-corrected chi connectivity index (χ1v) is 11.0. The molecule has 1 atom stereocenters. The molecule has 1 aliphatic rings. The molecule has 7 heteroatoms. The van der Waals surface area contributed by atoms with Crippen LogP contribution in [0.1, 0.15) is 22.0 Å². The highest BCUT2D eigenvalue weighted by Gasteiger charge is 2.25. The number of pyridine rings is 1. The van der Waals surface area contributed by atoms with Crippen LogP contribution in [0.2, 0.25) is 0 Å². The lowest BCUT2D eigenvalue weighted by Crippen LogP contribution is -2.41. The lowest BCUT2D eigenvalue weighted by atomic mass is 10.0. The quantitative estimate of drug-likeness (QED) is 0.628. The SMILES string of the molecule is CN(C)c1ccc(NC(=O)NC[C@@H](c2ccccc2)N2CCc3sccc3C2)cn1. The fraction of sp³-hybridized carbons (Fsp3) is 0.304. The number of amides is 2. The summed E-state index contributed by atoms with van der Waals surface area (Å²) in [5.41, 5.74) is 3.30. The summed E-state index contributed by atoms with van der Waals surface area (Å²) in [5.74, 6) is 0.850. The third-order valence-corrected chi connectivity index (χ3v) is 6.41. The molecule has 3 heterocycles. The molecular formula is C23H27N5OS. The second kappa shape index (κ2) is 9.28. The fourth-order valence-corrected chi connectivity index (χ4v) is 4.65. The normalized spacial score (nSPS) is 14.6. The third kappa shape index (κ3) is 4.80. The fourth-order valence-electron chi connectivity index (χ4n) is 3.76. The summed E-state index contributed by atoms with van der Waals surface area (Å²) in [6, 6.07) is 16.3. The summed E-state index contributed by atoms with van der Waals surface area (Å²) in [5, 5.41) is 8.11. The molecule has 2 aromatic heterocycles. The van der Waals surface area contributed by atoms with Crippen molar-refractivity contribution in [2.75, 3.05) is 37.4 Å². The van der Waals surface area contributed by atoms with Gasteiger partial charge < -0.3 is 15.5 Å². The molecule has 30 heavy (non-hydrogen) atoms. The average Bonchev–Trinajstić information content (AvgIpc) is 3.23. The number of carbonyl (C=O) groups is 1. The summed E-state index contributed by atoms with van der Waals surface area (Å²) >= 11 is 1.84. The summed E-state index contributed by atoms with van der Waals surface area (Å²) in [6.07, 6.45) is 2.73. The largest absolute Gasteiger partial charge is 0.363 e. The lowest BCUT2D eigenvalue weighted by Gasteiger charge is -2.35. The molecule has 6 nitrogen and oxygen atoms in total. The smallest absolute Gasteiger partial charge is 0.319 e. The van der Waals surface area contributed by atoms with Crippen molar-refractivity contribution < 1.29 is 4.79 Å². The van der Waals surface area contributed by atoms with Gasteiger partial charge >= 0.3 is 6.03 Å². The maximum atomic E-state index is 12.5. The molecule has 0 unspecified atom stereocenters. The highest BCUT2D eigenvalue weighted by atomic mass is 32.1. The van der Waals surface area contributed by atoms with Gasteiger partial charge in [0.1, 0.15) is 5.82 Å². The van der Waals surface area contributed by atoms with E-state index >= 15 is 0 Å². The van der Waals surface area contributed by atoms with Gasteiger partial charge in [-0.3, -0.25) is 4.90 Å². The van der Waals surface area contributed by atoms with E-state index in [2.05, 4.69) is 56.2 Å². The van der Waals surface area contributed by atoms with Crippen LogP contribution in [0.5, 0.6) is 0 Å². The number of hydrogen-bond donors (Lipinski definition) is 2. The number of hydrogen-bond acceptors (Lipinski definition) is 5. The number of thiophene rings is 1. The molecule has 0 fully saturated rings. The van der Waals surface area contributed by atoms with Gasteiger partial charge in [-0.2, -0.15) is 0 Å². The van der Waals surface area contributed by atoms with Gasteiger partial charge in [-0.1, -0.05) is 30.3 Å². The Hall–Kier alpha value is -2.90. The van der Waals surface area contributed by atoms with Crippen LogP contribution in [0.25, 0.3) is 0 Å². The number of rotatable bonds is 6. The van der Waals surface area contributed by atoms with Crippen LogP contribution in [-0.4, -0.2) is 43.1 Å². The number of carbonyl (C=O) groups excluding carboxylic acids is 1. The molecular weight excluding hydrogens is 394 g/mol. The van der Waals surface area contributed by atoms with Crippen LogP contribution in [0, 0.1) is 0 Å². The molecule has 0 bridgehead atoms. The maximum Gasteiger partial charge on any atom is 0.319 e. The summed E-state index contributed by atoms with van der Waals surface area (Å²) < 4.78 is 0. The van der Waals surface area contributed by atoms with Crippen molar-refractivity contribution in [2.24, 2.45) is 0 Å². The van der Waals surface area contributed by atoms with E-state index in [1.54, 1.807) is 6.20 Å². The van der Waals surface area contributed by atoms with Crippen LogP contribution in [0.3, 0.4) is 0 Å². The van der Waals surface area contributed by atoms with E-state index < -0.39 is 0 Å². The Morgan fingerprint density at radius 3 is 2.77 bits per heavy atom. The third-order valence-electron chi connectivity index (χ3n) is 5.38. The minimum atomic E-state index is -0.219. The Kier molecular flexibility index (Phi) is 6.30. The van der Waals surface area contributed by atoms with Crippen LogP contribution < -0.4 is 15.5 Å². The Morgan fingerprint density at radius 2 is 2.03 bits per heavy atom. The van der Waals surface area contributed by atoms with Gasteiger partial charge in [-0.05, 0) is 41.1 Å². The number of anilines is 2. The summed E-state index contributed by atoms with van der Waals surface area (Å²) in [4.78, 5) is 22.7. The Labute approximate surface area is 181 Å². The van der Waals surface area contributed by atoms with Gasteiger partial charge in [0.2, 0.25) is 0 Å². The van der Waals surface area contributed by atoms with Crippen molar-refractivity contribution in [3.63, 3.8) is 0 Å². The van der Waals surface area contributed by atoms with Gasteiger partial charge in [0.05, 0.1) is 17.9 Å². The van der Waals surface area contributed by atoms with E-state index in [0.717, 1.165) is 25.3 Å². The average molecular weight is 422 g/mol. The van der Waals surface area contributed by atoms with Crippen molar-refractivity contribution in [3.8, 4) is 0 Å². The van der Waals surface area contributed by atoms with Gasteiger partial charge in [-0.15, -0.1) is 11.3 Å². The lowest BCUT2D eigenvalue weighted by molar-refractivity contribution is 0.177. The molecule has 156 valence electrons. The molecule has 0 saturated heterocycles. The summed E-state index contributed by atoms with van der Waals surface area (Å²) in [7, 11) is 3.87. The minimum absolute atomic E-state index is 0.124. The molecule has 1 aromatic carbocycles. The minimum Gasteiger partial charge on any atom is -0.363 e. The monoisotopic (exact) mass is 421 g/mol. The molecule has 1 aliphatic heterocycles. The molecule has 2 amide bonds. The zero-order valence-electron chi connectivity index (χ0n) is 17.3. The van der Waals surface area contributed by atoms with Crippen molar-refractivity contribution in [1.82, 2.24) is 15.2 Å². The van der Waals surface area contributed by atoms with E-state index in [-0.39, 0.29) is 12.1 Å². The molecule has 0 radical (unpaired) electrons. The number of aromatic nitrogens is 1. The predicted octanol–water partition coefficient (Wildman–Crippen LogP) is 4.13. The van der Waals surface area contributed by atoms with Crippen LogP contribution >= 0.6 is 11.3 Å². The number of nitrogens with zero attached hydrogens (tertiary/aromatic N) is 3.